The van der Waals surface area contributed by atoms with Gasteiger partial charge < -0.3 is 19.4 Å². The largest absolute Gasteiger partial charge is 0.493 e. The monoisotopic (exact) mass is 632 g/mol. The second-order valence-electron chi connectivity index (χ2n) is 11.7. The van der Waals surface area contributed by atoms with Gasteiger partial charge in [0, 0.05) is 23.4 Å². The van der Waals surface area contributed by atoms with Crippen LogP contribution in [0.15, 0.2) is 72.7 Å². The average Bonchev–Trinajstić information content (AvgIpc) is 3.84. The zero-order valence-electron chi connectivity index (χ0n) is 26.7. The van der Waals surface area contributed by atoms with Gasteiger partial charge in [0.15, 0.2) is 0 Å². The lowest BCUT2D eigenvalue weighted by atomic mass is 9.90. The van der Waals surface area contributed by atoms with E-state index in [9.17, 15) is 18.8 Å². The van der Waals surface area contributed by atoms with Crippen LogP contribution in [0.5, 0.6) is 5.75 Å². The van der Waals surface area contributed by atoms with Crippen molar-refractivity contribution in [3.8, 4) is 16.9 Å². The van der Waals surface area contributed by atoms with Crippen LogP contribution in [0.25, 0.3) is 11.1 Å². The first kappa shape index (κ1) is 34.3. The van der Waals surface area contributed by atoms with Gasteiger partial charge in [-0.05, 0) is 105 Å². The molecule has 0 spiro atoms. The van der Waals surface area contributed by atoms with Crippen LogP contribution in [0.1, 0.15) is 85.7 Å². The highest BCUT2D eigenvalue weighted by atomic mass is 19.1. The number of aromatic nitrogens is 1. The summed E-state index contributed by atoms with van der Waals surface area (Å²) in [5.41, 5.74) is 3.37. The van der Waals surface area contributed by atoms with Crippen molar-refractivity contribution in [1.82, 2.24) is 9.88 Å². The number of esters is 1. The highest BCUT2D eigenvalue weighted by Gasteiger charge is 2.33. The van der Waals surface area contributed by atoms with Crippen LogP contribution >= 0.6 is 0 Å². The number of rotatable bonds is 16. The number of unbranched alkanes of at least 4 members (excludes halogenated alkanes) is 1. The molecule has 1 fully saturated rings. The molecule has 1 heterocycles. The fourth-order valence-corrected chi connectivity index (χ4v) is 5.70. The Kier molecular flexibility index (Phi) is 11.7. The van der Waals surface area contributed by atoms with Gasteiger partial charge in [-0.2, -0.15) is 0 Å². The molecule has 0 bridgehead atoms. The molecule has 0 radical (unpaired) electrons. The summed E-state index contributed by atoms with van der Waals surface area (Å²) in [6.07, 6.45) is 7.41. The number of carbonyl (C=O) groups excluding carboxylic acids is 2. The summed E-state index contributed by atoms with van der Waals surface area (Å²) in [6.45, 7) is 13.7. The van der Waals surface area contributed by atoms with Crippen molar-refractivity contribution in [2.24, 2.45) is 0 Å². The number of hydrogen-bond donors (Lipinski definition) is 1. The molecular formula is C37H42F2N2O5. The predicted molar refractivity (Wildman–Crippen MR) is 175 cm³/mol. The second-order valence-corrected chi connectivity index (χ2v) is 11.7. The lowest BCUT2D eigenvalue weighted by molar-refractivity contribution is -0.144. The Morgan fingerprint density at radius 1 is 1.11 bits per heavy atom. The molecule has 1 aliphatic rings. The van der Waals surface area contributed by atoms with E-state index < -0.39 is 41.2 Å². The SMILES string of the molecule is C=CCCCOc1cc(C)cc(C)c1-c1cc(C2CC2)c(F)c([C@H](CC(=O)OCC)NC(=O)[C@H](CC=C)n2ccc(F)cc2=O)c1. The summed E-state index contributed by atoms with van der Waals surface area (Å²) < 4.78 is 42.7. The van der Waals surface area contributed by atoms with Crippen molar-refractivity contribution < 1.29 is 27.8 Å². The number of aryl methyl sites for hydroxylation is 2. The van der Waals surface area contributed by atoms with Crippen molar-refractivity contribution in [1.29, 1.82) is 0 Å². The van der Waals surface area contributed by atoms with Crippen LogP contribution < -0.4 is 15.6 Å². The Labute approximate surface area is 268 Å². The quantitative estimate of drug-likeness (QED) is 0.100. The minimum Gasteiger partial charge on any atom is -0.493 e. The molecule has 2 aromatic carbocycles. The Morgan fingerprint density at radius 2 is 1.87 bits per heavy atom. The summed E-state index contributed by atoms with van der Waals surface area (Å²) in [6, 6.07) is 7.10. The molecule has 2 atom stereocenters. The van der Waals surface area contributed by atoms with Gasteiger partial charge in [-0.15, -0.1) is 13.2 Å². The molecule has 3 aromatic rings. The minimum absolute atomic E-state index is 0.00617. The summed E-state index contributed by atoms with van der Waals surface area (Å²) in [7, 11) is 0. The third-order valence-electron chi connectivity index (χ3n) is 8.00. The van der Waals surface area contributed by atoms with E-state index in [-0.39, 0.29) is 30.9 Å². The van der Waals surface area contributed by atoms with Gasteiger partial charge in [-0.1, -0.05) is 18.2 Å². The van der Waals surface area contributed by atoms with E-state index in [0.717, 1.165) is 59.1 Å². The lowest BCUT2D eigenvalue weighted by Gasteiger charge is -2.25. The lowest BCUT2D eigenvalue weighted by Crippen LogP contribution is -2.39. The number of ether oxygens (including phenoxy) is 2. The number of hydrogen-bond acceptors (Lipinski definition) is 5. The number of halogens is 2. The van der Waals surface area contributed by atoms with Crippen molar-refractivity contribution >= 4 is 11.9 Å². The number of nitrogens with one attached hydrogen (secondary N) is 1. The standard InChI is InChI=1S/C37H42F2N2O5/c1-6-9-10-16-46-32-18-23(4)17-24(5)35(32)26-19-28(25-12-13-25)36(39)29(20-26)30(22-34(43)45-8-3)40-37(44)31(11-7-2)41-15-14-27(38)21-33(41)42/h6-7,14-15,17-21,25,30-31H,1-2,8-13,16,22H2,3-5H3,(H,40,44)/t30-,31-/m0/s1. The van der Waals surface area contributed by atoms with E-state index in [1.807, 2.05) is 38.1 Å². The van der Waals surface area contributed by atoms with Gasteiger partial charge in [-0.25, -0.2) is 8.78 Å². The topological polar surface area (TPSA) is 86.6 Å². The summed E-state index contributed by atoms with van der Waals surface area (Å²) in [5, 5.41) is 2.82. The Bertz CT molecular complexity index is 1660. The summed E-state index contributed by atoms with van der Waals surface area (Å²) >= 11 is 0. The van der Waals surface area contributed by atoms with Crippen LogP contribution in [-0.2, 0) is 14.3 Å². The first-order valence-corrected chi connectivity index (χ1v) is 15.7. The number of nitrogens with zero attached hydrogens (tertiary/aromatic N) is 1. The maximum Gasteiger partial charge on any atom is 0.308 e. The first-order valence-electron chi connectivity index (χ1n) is 15.7. The van der Waals surface area contributed by atoms with E-state index in [1.165, 1.54) is 12.3 Å². The molecule has 1 aromatic heterocycles. The van der Waals surface area contributed by atoms with Crippen molar-refractivity contribution in [3.63, 3.8) is 0 Å². The molecule has 244 valence electrons. The molecule has 1 aliphatic carbocycles. The van der Waals surface area contributed by atoms with Gasteiger partial charge >= 0.3 is 5.97 Å². The van der Waals surface area contributed by atoms with Crippen LogP contribution in [0.2, 0.25) is 0 Å². The molecular weight excluding hydrogens is 590 g/mol. The van der Waals surface area contributed by atoms with Gasteiger partial charge in [0.2, 0.25) is 5.91 Å². The predicted octanol–water partition coefficient (Wildman–Crippen LogP) is 7.56. The van der Waals surface area contributed by atoms with Crippen LogP contribution in [0.3, 0.4) is 0 Å². The number of pyridine rings is 1. The Hall–Kier alpha value is -4.53. The summed E-state index contributed by atoms with van der Waals surface area (Å²) in [4.78, 5) is 39.3. The molecule has 0 unspecified atom stereocenters. The average molecular weight is 633 g/mol. The third-order valence-corrected chi connectivity index (χ3v) is 8.00. The third kappa shape index (κ3) is 8.38. The van der Waals surface area contributed by atoms with Crippen LogP contribution in [0, 0.1) is 25.5 Å². The molecule has 1 saturated carbocycles. The maximum atomic E-state index is 16.5. The van der Waals surface area contributed by atoms with Gasteiger partial charge in [0.05, 0.1) is 25.7 Å². The molecule has 1 amide bonds. The number of benzene rings is 2. The zero-order chi connectivity index (χ0) is 33.4. The zero-order valence-corrected chi connectivity index (χ0v) is 26.7. The van der Waals surface area contributed by atoms with E-state index in [2.05, 4.69) is 18.5 Å². The number of carbonyl (C=O) groups is 2. The molecule has 9 heteroatoms. The van der Waals surface area contributed by atoms with Crippen LogP contribution in [0.4, 0.5) is 8.78 Å². The normalized spacial score (nSPS) is 13.8. The Morgan fingerprint density at radius 3 is 2.52 bits per heavy atom. The minimum atomic E-state index is -1.13. The number of allylic oxidation sites excluding steroid dienone is 2. The van der Waals surface area contributed by atoms with Gasteiger partial charge in [0.25, 0.3) is 5.56 Å². The van der Waals surface area contributed by atoms with E-state index in [0.29, 0.717) is 23.5 Å². The second kappa shape index (κ2) is 15.7. The van der Waals surface area contributed by atoms with Gasteiger partial charge in [-0.3, -0.25) is 14.4 Å². The van der Waals surface area contributed by atoms with E-state index >= 15 is 4.39 Å². The van der Waals surface area contributed by atoms with Crippen molar-refractivity contribution in [2.75, 3.05) is 13.2 Å². The van der Waals surface area contributed by atoms with Gasteiger partial charge in [0.1, 0.15) is 23.4 Å². The Balaban J connectivity index is 1.83. The number of amides is 1. The molecule has 46 heavy (non-hydrogen) atoms. The molecule has 4 rings (SSSR count). The summed E-state index contributed by atoms with van der Waals surface area (Å²) in [5.74, 6) is -1.85. The smallest absolute Gasteiger partial charge is 0.308 e. The van der Waals surface area contributed by atoms with Crippen LogP contribution in [-0.4, -0.2) is 29.7 Å². The molecule has 1 N–H and O–H groups in total. The van der Waals surface area contributed by atoms with Crippen molar-refractivity contribution in [3.05, 3.63) is 112 Å². The van der Waals surface area contributed by atoms with E-state index in [1.54, 1.807) is 13.0 Å². The first-order chi connectivity index (χ1) is 22.1. The van der Waals surface area contributed by atoms with Crippen molar-refractivity contribution in [2.45, 2.75) is 77.3 Å². The highest BCUT2D eigenvalue weighted by Crippen LogP contribution is 2.46. The molecule has 7 nitrogen and oxygen atoms in total. The molecule has 0 aliphatic heterocycles. The molecule has 0 saturated heterocycles. The fraction of sp³-hybridized carbons (Fsp3) is 0.378. The van der Waals surface area contributed by atoms with E-state index in [4.69, 9.17) is 9.47 Å². The fourth-order valence-electron chi connectivity index (χ4n) is 5.70. The highest BCUT2D eigenvalue weighted by molar-refractivity contribution is 5.82. The maximum absolute atomic E-state index is 16.5.